The molecule has 0 saturated carbocycles. The molecule has 0 atom stereocenters. The third-order valence-electron chi connectivity index (χ3n) is 2.12. The van der Waals surface area contributed by atoms with E-state index in [-0.39, 0.29) is 11.4 Å². The van der Waals surface area contributed by atoms with E-state index < -0.39 is 0 Å². The minimum atomic E-state index is -0.242. The lowest BCUT2D eigenvalue weighted by atomic mass is 9.97. The highest BCUT2D eigenvalue weighted by atomic mass is 16.1. The number of carbonyl (C=O) groups excluding carboxylic acids is 2. The van der Waals surface area contributed by atoms with Crippen molar-refractivity contribution in [2.45, 2.75) is 20.8 Å². The molecular weight excluding hydrogens is 176 g/mol. The van der Waals surface area contributed by atoms with Crippen LogP contribution in [0.4, 0.5) is 0 Å². The van der Waals surface area contributed by atoms with Crippen LogP contribution >= 0.6 is 0 Å². The van der Waals surface area contributed by atoms with Crippen LogP contribution in [0.2, 0.25) is 0 Å². The van der Waals surface area contributed by atoms with Crippen molar-refractivity contribution in [2.75, 3.05) is 0 Å². The summed E-state index contributed by atoms with van der Waals surface area (Å²) < 4.78 is 0. The van der Waals surface area contributed by atoms with Crippen molar-refractivity contribution in [3.8, 4) is 0 Å². The second-order valence-electron chi connectivity index (χ2n) is 3.35. The first-order valence-corrected chi connectivity index (χ1v) is 4.40. The predicted molar refractivity (Wildman–Crippen MR) is 55.7 cm³/mol. The van der Waals surface area contributed by atoms with Gasteiger partial charge in [-0.25, -0.2) is 4.79 Å². The van der Waals surface area contributed by atoms with Crippen LogP contribution in [0.1, 0.15) is 23.6 Å². The minimum absolute atomic E-state index is 0.131. The molecule has 2 nitrogen and oxygen atoms in total. The fourth-order valence-corrected chi connectivity index (χ4v) is 1.32. The number of rotatable bonds is 2. The standard InChI is InChI=1S/C12H12O2/c1-8-4-5-9(2)11(6-8)12(7-13)10(3)14/h4-6H,1-3H3. The Bertz CT molecular complexity index is 424. The third kappa shape index (κ3) is 1.98. The maximum Gasteiger partial charge on any atom is 0.171 e. The number of benzene rings is 1. The van der Waals surface area contributed by atoms with Crippen LogP contribution in [0, 0.1) is 13.8 Å². The molecule has 14 heavy (non-hydrogen) atoms. The summed E-state index contributed by atoms with van der Waals surface area (Å²) in [4.78, 5) is 21.8. The normalized spacial score (nSPS) is 9.36. The molecule has 0 amide bonds. The first kappa shape index (κ1) is 10.4. The monoisotopic (exact) mass is 188 g/mol. The van der Waals surface area contributed by atoms with E-state index in [1.807, 2.05) is 32.0 Å². The molecule has 2 heteroatoms. The van der Waals surface area contributed by atoms with E-state index in [0.717, 1.165) is 11.1 Å². The third-order valence-corrected chi connectivity index (χ3v) is 2.12. The second kappa shape index (κ2) is 4.03. The average molecular weight is 188 g/mol. The van der Waals surface area contributed by atoms with Gasteiger partial charge in [0, 0.05) is 0 Å². The van der Waals surface area contributed by atoms with Crippen molar-refractivity contribution < 1.29 is 9.59 Å². The molecule has 0 radical (unpaired) electrons. The lowest BCUT2D eigenvalue weighted by Gasteiger charge is -2.05. The predicted octanol–water partition coefficient (Wildman–Crippen LogP) is 2.11. The van der Waals surface area contributed by atoms with Crippen LogP contribution in [-0.4, -0.2) is 11.7 Å². The lowest BCUT2D eigenvalue weighted by Crippen LogP contribution is -1.99. The molecule has 0 saturated heterocycles. The molecule has 1 aromatic carbocycles. The Hall–Kier alpha value is -1.66. The van der Waals surface area contributed by atoms with Gasteiger partial charge in [0.2, 0.25) is 0 Å². The number of Topliss-reactive ketones (excluding diaryl/α,β-unsaturated/α-hetero) is 1. The van der Waals surface area contributed by atoms with Crippen molar-refractivity contribution in [1.29, 1.82) is 0 Å². The van der Waals surface area contributed by atoms with Gasteiger partial charge in [-0.2, -0.15) is 0 Å². The van der Waals surface area contributed by atoms with E-state index in [1.165, 1.54) is 6.92 Å². The summed E-state index contributed by atoms with van der Waals surface area (Å²) in [6.07, 6.45) is 0. The molecule has 1 aromatic rings. The van der Waals surface area contributed by atoms with Crippen molar-refractivity contribution in [1.82, 2.24) is 0 Å². The largest absolute Gasteiger partial charge is 0.294 e. The Kier molecular flexibility index (Phi) is 3.00. The lowest BCUT2D eigenvalue weighted by molar-refractivity contribution is -0.111. The fourth-order valence-electron chi connectivity index (χ4n) is 1.32. The van der Waals surface area contributed by atoms with Gasteiger partial charge in [0.25, 0.3) is 0 Å². The van der Waals surface area contributed by atoms with E-state index in [4.69, 9.17) is 0 Å². The first-order chi connectivity index (χ1) is 6.56. The topological polar surface area (TPSA) is 34.1 Å². The summed E-state index contributed by atoms with van der Waals surface area (Å²) in [5, 5.41) is 0. The maximum absolute atomic E-state index is 11.1. The molecule has 0 fully saturated rings. The van der Waals surface area contributed by atoms with Gasteiger partial charge in [0.05, 0.1) is 0 Å². The Balaban J connectivity index is 3.37. The molecule has 1 rings (SSSR count). The Labute approximate surface area is 83.3 Å². The van der Waals surface area contributed by atoms with Crippen molar-refractivity contribution in [3.05, 3.63) is 34.9 Å². The van der Waals surface area contributed by atoms with Gasteiger partial charge in [-0.3, -0.25) is 4.79 Å². The smallest absolute Gasteiger partial charge is 0.171 e. The van der Waals surface area contributed by atoms with Crippen LogP contribution < -0.4 is 0 Å². The van der Waals surface area contributed by atoms with Gasteiger partial charge in [-0.15, -0.1) is 0 Å². The molecule has 0 aromatic heterocycles. The van der Waals surface area contributed by atoms with Crippen molar-refractivity contribution >= 4 is 17.3 Å². The molecule has 72 valence electrons. The molecule has 0 unspecified atom stereocenters. The van der Waals surface area contributed by atoms with E-state index in [9.17, 15) is 9.59 Å². The van der Waals surface area contributed by atoms with Crippen LogP contribution in [0.3, 0.4) is 0 Å². The minimum Gasteiger partial charge on any atom is -0.294 e. The zero-order valence-electron chi connectivity index (χ0n) is 8.55. The maximum atomic E-state index is 11.1. The molecule has 0 N–H and O–H groups in total. The summed E-state index contributed by atoms with van der Waals surface area (Å²) in [7, 11) is 0. The van der Waals surface area contributed by atoms with E-state index in [2.05, 4.69) is 0 Å². The van der Waals surface area contributed by atoms with Crippen LogP contribution in [0.15, 0.2) is 18.2 Å². The van der Waals surface area contributed by atoms with Crippen LogP contribution in [0.25, 0.3) is 5.57 Å². The van der Waals surface area contributed by atoms with Crippen LogP contribution in [0.5, 0.6) is 0 Å². The van der Waals surface area contributed by atoms with Crippen molar-refractivity contribution in [3.63, 3.8) is 0 Å². The summed E-state index contributed by atoms with van der Waals surface area (Å²) in [5.41, 5.74) is 2.77. The Morgan fingerprint density at radius 2 is 1.93 bits per heavy atom. The quantitative estimate of drug-likeness (QED) is 0.526. The zero-order chi connectivity index (χ0) is 10.7. The Morgan fingerprint density at radius 1 is 1.29 bits per heavy atom. The second-order valence-corrected chi connectivity index (χ2v) is 3.35. The zero-order valence-corrected chi connectivity index (χ0v) is 8.55. The molecule has 0 heterocycles. The molecule has 0 aliphatic heterocycles. The molecule has 0 aliphatic carbocycles. The highest BCUT2D eigenvalue weighted by Gasteiger charge is 2.10. The number of hydrogen-bond donors (Lipinski definition) is 0. The summed E-state index contributed by atoms with van der Waals surface area (Å²) in [6.45, 7) is 5.17. The van der Waals surface area contributed by atoms with Crippen molar-refractivity contribution in [2.24, 2.45) is 0 Å². The molecule has 0 spiro atoms. The highest BCUT2D eigenvalue weighted by Crippen LogP contribution is 2.18. The number of allylic oxidation sites excluding steroid dienone is 1. The summed E-state index contributed by atoms with van der Waals surface area (Å²) >= 11 is 0. The van der Waals surface area contributed by atoms with Gasteiger partial charge in [0.15, 0.2) is 5.78 Å². The molecule has 0 bridgehead atoms. The molecular formula is C12H12O2. The average Bonchev–Trinajstić information content (AvgIpc) is 2.11. The van der Waals surface area contributed by atoms with Crippen LogP contribution in [-0.2, 0) is 9.59 Å². The summed E-state index contributed by atoms with van der Waals surface area (Å²) in [6, 6.07) is 5.67. The van der Waals surface area contributed by atoms with E-state index in [1.54, 1.807) is 5.94 Å². The fraction of sp³-hybridized carbons (Fsp3) is 0.250. The van der Waals surface area contributed by atoms with E-state index >= 15 is 0 Å². The number of aryl methyl sites for hydroxylation is 2. The highest BCUT2D eigenvalue weighted by molar-refractivity contribution is 6.27. The number of hydrogen-bond acceptors (Lipinski definition) is 2. The summed E-state index contributed by atoms with van der Waals surface area (Å²) in [5.74, 6) is 1.46. The van der Waals surface area contributed by atoms with Gasteiger partial charge >= 0.3 is 0 Å². The van der Waals surface area contributed by atoms with Gasteiger partial charge in [-0.05, 0) is 31.9 Å². The number of ketones is 1. The van der Waals surface area contributed by atoms with Gasteiger partial charge < -0.3 is 0 Å². The first-order valence-electron chi connectivity index (χ1n) is 4.40. The van der Waals surface area contributed by atoms with Gasteiger partial charge in [0.1, 0.15) is 11.5 Å². The Morgan fingerprint density at radius 3 is 2.43 bits per heavy atom. The van der Waals surface area contributed by atoms with E-state index in [0.29, 0.717) is 5.56 Å². The number of carbonyl (C=O) groups is 1. The molecule has 0 aliphatic rings. The SMILES string of the molecule is CC(=O)C(=C=O)c1cc(C)ccc1C. The van der Waals surface area contributed by atoms with Gasteiger partial charge in [-0.1, -0.05) is 23.8 Å².